The highest BCUT2D eigenvalue weighted by Gasteiger charge is 2.23. The molecule has 1 N–H and O–H groups in total. The maximum Gasteiger partial charge on any atom is 0.0635 e. The molecule has 1 atom stereocenters. The molecule has 1 saturated heterocycles. The number of nitrogens with one attached hydrogen (secondary N) is 1. The van der Waals surface area contributed by atoms with Crippen molar-refractivity contribution in [2.75, 3.05) is 32.8 Å². The molecular formula is C16H25ClN2O. The monoisotopic (exact) mass is 296 g/mol. The van der Waals surface area contributed by atoms with E-state index < -0.39 is 0 Å². The molecule has 1 unspecified atom stereocenters. The summed E-state index contributed by atoms with van der Waals surface area (Å²) in [4.78, 5) is 2.47. The summed E-state index contributed by atoms with van der Waals surface area (Å²) in [7, 11) is 0. The van der Waals surface area contributed by atoms with Crippen LogP contribution in [-0.4, -0.2) is 43.8 Å². The molecule has 0 aliphatic carbocycles. The number of halogens is 1. The molecule has 20 heavy (non-hydrogen) atoms. The first-order valence-corrected chi connectivity index (χ1v) is 7.86. The molecule has 0 radical (unpaired) electrons. The summed E-state index contributed by atoms with van der Waals surface area (Å²) in [5.41, 5.74) is 2.42. The summed E-state index contributed by atoms with van der Waals surface area (Å²) in [6.45, 7) is 9.81. The zero-order valence-corrected chi connectivity index (χ0v) is 13.2. The van der Waals surface area contributed by atoms with E-state index >= 15 is 0 Å². The van der Waals surface area contributed by atoms with Gasteiger partial charge in [0.25, 0.3) is 0 Å². The van der Waals surface area contributed by atoms with Crippen molar-refractivity contribution in [2.24, 2.45) is 0 Å². The molecule has 3 nitrogen and oxygen atoms in total. The average Bonchev–Trinajstić information content (AvgIpc) is 2.44. The molecule has 0 aromatic heterocycles. The van der Waals surface area contributed by atoms with E-state index in [2.05, 4.69) is 36.2 Å². The van der Waals surface area contributed by atoms with Crippen LogP contribution < -0.4 is 5.32 Å². The Morgan fingerprint density at radius 1 is 1.45 bits per heavy atom. The highest BCUT2D eigenvalue weighted by atomic mass is 35.5. The summed E-state index contributed by atoms with van der Waals surface area (Å²) in [5.74, 6) is 0. The van der Waals surface area contributed by atoms with Crippen molar-refractivity contribution in [1.29, 1.82) is 0 Å². The Morgan fingerprint density at radius 2 is 2.30 bits per heavy atom. The molecule has 0 amide bonds. The third-order valence-corrected chi connectivity index (χ3v) is 4.09. The van der Waals surface area contributed by atoms with Crippen LogP contribution in [0.2, 0.25) is 5.02 Å². The van der Waals surface area contributed by atoms with E-state index in [1.54, 1.807) is 0 Å². The molecule has 1 aliphatic rings. The van der Waals surface area contributed by atoms with Gasteiger partial charge in [0, 0.05) is 30.7 Å². The number of nitrogens with zero attached hydrogens (tertiary/aromatic N) is 1. The van der Waals surface area contributed by atoms with Crippen LogP contribution in [0.5, 0.6) is 0 Å². The van der Waals surface area contributed by atoms with Crippen LogP contribution in [0.1, 0.15) is 24.5 Å². The summed E-state index contributed by atoms with van der Waals surface area (Å²) in [6.07, 6.45) is 1.16. The van der Waals surface area contributed by atoms with Gasteiger partial charge in [0.15, 0.2) is 0 Å². The fourth-order valence-electron chi connectivity index (χ4n) is 2.53. The Morgan fingerprint density at radius 3 is 3.05 bits per heavy atom. The third-order valence-electron chi connectivity index (χ3n) is 3.74. The van der Waals surface area contributed by atoms with Crippen LogP contribution in [0.25, 0.3) is 0 Å². The van der Waals surface area contributed by atoms with Crippen LogP contribution in [0.4, 0.5) is 0 Å². The number of rotatable bonds is 6. The van der Waals surface area contributed by atoms with Crippen LogP contribution in [0, 0.1) is 6.92 Å². The fourth-order valence-corrected chi connectivity index (χ4v) is 2.83. The van der Waals surface area contributed by atoms with Gasteiger partial charge in [0.05, 0.1) is 13.2 Å². The Hall–Kier alpha value is -0.610. The summed E-state index contributed by atoms with van der Waals surface area (Å²) >= 11 is 6.35. The minimum atomic E-state index is 0.438. The first-order chi connectivity index (χ1) is 9.70. The lowest BCUT2D eigenvalue weighted by molar-refractivity contribution is -0.0108. The molecule has 1 aromatic carbocycles. The van der Waals surface area contributed by atoms with E-state index in [9.17, 15) is 0 Å². The van der Waals surface area contributed by atoms with E-state index in [0.717, 1.165) is 50.8 Å². The number of benzene rings is 1. The van der Waals surface area contributed by atoms with Gasteiger partial charge in [0.2, 0.25) is 0 Å². The van der Waals surface area contributed by atoms with Gasteiger partial charge in [0.1, 0.15) is 0 Å². The predicted molar refractivity (Wildman–Crippen MR) is 84.4 cm³/mol. The van der Waals surface area contributed by atoms with Gasteiger partial charge in [-0.1, -0.05) is 30.7 Å². The largest absolute Gasteiger partial charge is 0.378 e. The number of aryl methyl sites for hydroxylation is 1. The summed E-state index contributed by atoms with van der Waals surface area (Å²) in [6, 6.07) is 6.75. The Kier molecular flexibility index (Phi) is 6.30. The second-order valence-electron chi connectivity index (χ2n) is 5.50. The molecule has 1 fully saturated rings. The van der Waals surface area contributed by atoms with Crippen molar-refractivity contribution < 1.29 is 4.74 Å². The normalized spacial score (nSPS) is 20.2. The van der Waals surface area contributed by atoms with Crippen LogP contribution >= 0.6 is 11.6 Å². The van der Waals surface area contributed by atoms with Gasteiger partial charge in [-0.3, -0.25) is 4.90 Å². The highest BCUT2D eigenvalue weighted by molar-refractivity contribution is 6.31. The topological polar surface area (TPSA) is 24.5 Å². The van der Waals surface area contributed by atoms with E-state index in [0.29, 0.717) is 6.04 Å². The number of morpholine rings is 1. The molecule has 1 heterocycles. The maximum absolute atomic E-state index is 6.35. The minimum Gasteiger partial charge on any atom is -0.378 e. The standard InChI is InChI=1S/C16H25ClN2O/c1-3-6-18-10-15-12-20-8-7-19(15)11-14-5-4-13(2)9-16(14)17/h4-5,9,15,18H,3,6-8,10-12H2,1-2H3. The van der Waals surface area contributed by atoms with Gasteiger partial charge < -0.3 is 10.1 Å². The molecule has 1 aromatic rings. The Labute approximate surface area is 127 Å². The Bertz CT molecular complexity index is 425. The smallest absolute Gasteiger partial charge is 0.0635 e. The molecule has 0 spiro atoms. The third kappa shape index (κ3) is 4.45. The Balaban J connectivity index is 1.97. The van der Waals surface area contributed by atoms with Crippen LogP contribution in [-0.2, 0) is 11.3 Å². The van der Waals surface area contributed by atoms with Gasteiger partial charge in [-0.05, 0) is 37.1 Å². The molecule has 4 heteroatoms. The molecule has 112 valence electrons. The molecule has 1 aliphatic heterocycles. The first kappa shape index (κ1) is 15.8. The summed E-state index contributed by atoms with van der Waals surface area (Å²) < 4.78 is 5.62. The van der Waals surface area contributed by atoms with Gasteiger partial charge >= 0.3 is 0 Å². The van der Waals surface area contributed by atoms with Crippen molar-refractivity contribution in [3.63, 3.8) is 0 Å². The van der Waals surface area contributed by atoms with Crippen molar-refractivity contribution in [2.45, 2.75) is 32.9 Å². The van der Waals surface area contributed by atoms with Gasteiger partial charge in [-0.25, -0.2) is 0 Å². The van der Waals surface area contributed by atoms with Crippen molar-refractivity contribution in [3.05, 3.63) is 34.3 Å². The SMILES string of the molecule is CCCNCC1COCCN1Cc1ccc(C)cc1Cl. The fraction of sp³-hybridized carbons (Fsp3) is 0.625. The lowest BCUT2D eigenvalue weighted by Crippen LogP contribution is -2.49. The van der Waals surface area contributed by atoms with Crippen molar-refractivity contribution >= 4 is 11.6 Å². The maximum atomic E-state index is 6.35. The molecule has 2 rings (SSSR count). The van der Waals surface area contributed by atoms with Gasteiger partial charge in [-0.2, -0.15) is 0 Å². The quantitative estimate of drug-likeness (QED) is 0.817. The zero-order chi connectivity index (χ0) is 14.4. The number of hydrogen-bond donors (Lipinski definition) is 1. The molecule has 0 saturated carbocycles. The second kappa shape index (κ2) is 7.99. The lowest BCUT2D eigenvalue weighted by atomic mass is 10.1. The average molecular weight is 297 g/mol. The number of hydrogen-bond acceptors (Lipinski definition) is 3. The van der Waals surface area contributed by atoms with Crippen molar-refractivity contribution in [3.8, 4) is 0 Å². The van der Waals surface area contributed by atoms with Crippen LogP contribution in [0.3, 0.4) is 0 Å². The predicted octanol–water partition coefficient (Wildman–Crippen LogP) is 2.85. The van der Waals surface area contributed by atoms with Crippen molar-refractivity contribution in [1.82, 2.24) is 10.2 Å². The zero-order valence-electron chi connectivity index (χ0n) is 12.5. The van der Waals surface area contributed by atoms with Gasteiger partial charge in [-0.15, -0.1) is 0 Å². The minimum absolute atomic E-state index is 0.438. The van der Waals surface area contributed by atoms with Crippen LogP contribution in [0.15, 0.2) is 18.2 Å². The van der Waals surface area contributed by atoms with E-state index in [1.165, 1.54) is 11.1 Å². The number of ether oxygens (including phenoxy) is 1. The van der Waals surface area contributed by atoms with E-state index in [4.69, 9.17) is 16.3 Å². The van der Waals surface area contributed by atoms with E-state index in [-0.39, 0.29) is 0 Å². The first-order valence-electron chi connectivity index (χ1n) is 7.48. The van der Waals surface area contributed by atoms with E-state index in [1.807, 2.05) is 6.07 Å². The lowest BCUT2D eigenvalue weighted by Gasteiger charge is -2.36. The summed E-state index contributed by atoms with van der Waals surface area (Å²) in [5, 5.41) is 4.36. The second-order valence-corrected chi connectivity index (χ2v) is 5.91. The highest BCUT2D eigenvalue weighted by Crippen LogP contribution is 2.21. The molecule has 0 bridgehead atoms. The molecular weight excluding hydrogens is 272 g/mol.